The molecule has 1 atom stereocenters. The molecule has 0 aliphatic carbocycles. The van der Waals surface area contributed by atoms with Crippen molar-refractivity contribution in [2.45, 2.75) is 15.2 Å². The van der Waals surface area contributed by atoms with Crippen LogP contribution in [0, 0.1) is 0 Å². The third-order valence-electron chi connectivity index (χ3n) is 14.5. The van der Waals surface area contributed by atoms with Gasteiger partial charge in [0, 0.05) is 53.5 Å². The van der Waals surface area contributed by atoms with E-state index >= 15 is 0 Å². The van der Waals surface area contributed by atoms with Gasteiger partial charge in [-0.05, 0) is 88.0 Å². The van der Waals surface area contributed by atoms with Crippen molar-refractivity contribution in [3.8, 4) is 28.2 Å². The van der Waals surface area contributed by atoms with Crippen molar-refractivity contribution >= 4 is 77.2 Å². The van der Waals surface area contributed by atoms with E-state index in [1.165, 1.54) is 114 Å². The molecule has 3 aromatic heterocycles. The van der Waals surface area contributed by atoms with E-state index in [1.807, 2.05) is 11.8 Å². The Morgan fingerprint density at radius 2 is 0.846 bits per heavy atom. The largest absolute Gasteiger partial charge is 0.309 e. The molecule has 0 saturated heterocycles. The topological polar surface area (TPSA) is 14.8 Å². The van der Waals surface area contributed by atoms with Crippen LogP contribution in [0.1, 0.15) is 22.3 Å². The van der Waals surface area contributed by atoms with Gasteiger partial charge in [0.05, 0.1) is 44.2 Å². The van der Waals surface area contributed by atoms with Crippen LogP contribution >= 0.6 is 11.8 Å². The summed E-state index contributed by atoms with van der Waals surface area (Å²) >= 11 is 1.93. The fourth-order valence-electron chi connectivity index (χ4n) is 11.9. The molecule has 3 nitrogen and oxygen atoms in total. The fourth-order valence-corrected chi connectivity index (χ4v) is 13.2. The van der Waals surface area contributed by atoms with Gasteiger partial charge < -0.3 is 13.7 Å². The second-order valence-electron chi connectivity index (χ2n) is 17.6. The molecule has 15 rings (SSSR count). The van der Waals surface area contributed by atoms with Gasteiger partial charge in [0.2, 0.25) is 0 Å². The maximum Gasteiger partial charge on any atom is 0.0765 e. The number of fused-ring (bicyclic) bond motifs is 18. The van der Waals surface area contributed by atoms with Crippen LogP contribution in [-0.2, 0) is 5.41 Å². The van der Waals surface area contributed by atoms with Gasteiger partial charge >= 0.3 is 0 Å². The number of nitrogens with zero attached hydrogens (tertiary/aromatic N) is 3. The van der Waals surface area contributed by atoms with Crippen molar-refractivity contribution in [2.75, 3.05) is 0 Å². The van der Waals surface area contributed by atoms with Crippen molar-refractivity contribution in [3.63, 3.8) is 0 Å². The molecule has 13 aromatic rings. The first kappa shape index (κ1) is 35.4. The molecule has 0 fully saturated rings. The van der Waals surface area contributed by atoms with Gasteiger partial charge in [-0.25, -0.2) is 0 Å². The van der Waals surface area contributed by atoms with Crippen LogP contribution in [-0.4, -0.2) is 13.7 Å². The molecule has 302 valence electrons. The van der Waals surface area contributed by atoms with Gasteiger partial charge in [-0.1, -0.05) is 182 Å². The zero-order valence-electron chi connectivity index (χ0n) is 35.1. The van der Waals surface area contributed by atoms with E-state index in [0.29, 0.717) is 0 Å². The molecule has 0 radical (unpaired) electrons. The highest BCUT2D eigenvalue weighted by Crippen LogP contribution is 2.62. The van der Waals surface area contributed by atoms with E-state index in [1.54, 1.807) is 0 Å². The molecule has 0 saturated carbocycles. The smallest absolute Gasteiger partial charge is 0.0765 e. The lowest BCUT2D eigenvalue weighted by Gasteiger charge is -2.45. The summed E-state index contributed by atoms with van der Waals surface area (Å²) in [7, 11) is 0. The third kappa shape index (κ3) is 4.56. The fraction of sp³-hybridized carbons (Fsp3) is 0.0164. The average Bonchev–Trinajstić information content (AvgIpc) is 4.02. The van der Waals surface area contributed by atoms with Gasteiger partial charge in [-0.2, -0.15) is 0 Å². The summed E-state index contributed by atoms with van der Waals surface area (Å²) in [5.74, 6) is 0. The van der Waals surface area contributed by atoms with Crippen LogP contribution in [0.4, 0.5) is 0 Å². The molecule has 2 aliphatic rings. The average molecular weight is 844 g/mol. The van der Waals surface area contributed by atoms with Crippen molar-refractivity contribution < 1.29 is 0 Å². The van der Waals surface area contributed by atoms with Gasteiger partial charge in [-0.3, -0.25) is 0 Å². The molecule has 0 amide bonds. The van der Waals surface area contributed by atoms with Crippen LogP contribution in [0.15, 0.2) is 234 Å². The second-order valence-corrected chi connectivity index (χ2v) is 18.6. The van der Waals surface area contributed by atoms with Crippen molar-refractivity contribution in [1.29, 1.82) is 0 Å². The molecule has 2 aliphatic heterocycles. The molecular formula is C61H37N3S. The molecule has 1 unspecified atom stereocenters. The van der Waals surface area contributed by atoms with Gasteiger partial charge in [0.1, 0.15) is 0 Å². The molecule has 0 bridgehead atoms. The normalized spacial score (nSPS) is 15.1. The maximum atomic E-state index is 2.56. The summed E-state index contributed by atoms with van der Waals surface area (Å²) in [6.07, 6.45) is 0. The Labute approximate surface area is 379 Å². The predicted octanol–water partition coefficient (Wildman–Crippen LogP) is 15.8. The van der Waals surface area contributed by atoms with E-state index in [2.05, 4.69) is 238 Å². The number of hydrogen-bond donors (Lipinski definition) is 0. The lowest BCUT2D eigenvalue weighted by atomic mass is 9.62. The predicted molar refractivity (Wildman–Crippen MR) is 271 cm³/mol. The van der Waals surface area contributed by atoms with Crippen molar-refractivity contribution in [3.05, 3.63) is 247 Å². The lowest BCUT2D eigenvalue weighted by molar-refractivity contribution is 0.691. The van der Waals surface area contributed by atoms with E-state index in [0.717, 1.165) is 11.4 Å². The Hall–Kier alpha value is -8.05. The summed E-state index contributed by atoms with van der Waals surface area (Å²) in [5.41, 5.74) is 18.0. The Morgan fingerprint density at radius 1 is 0.308 bits per heavy atom. The van der Waals surface area contributed by atoms with Crippen molar-refractivity contribution in [1.82, 2.24) is 13.7 Å². The van der Waals surface area contributed by atoms with E-state index < -0.39 is 5.41 Å². The Kier molecular flexibility index (Phi) is 7.09. The molecule has 5 heterocycles. The van der Waals surface area contributed by atoms with Crippen LogP contribution < -0.4 is 0 Å². The molecule has 1 spiro atoms. The summed E-state index contributed by atoms with van der Waals surface area (Å²) in [6.45, 7) is 0. The van der Waals surface area contributed by atoms with Gasteiger partial charge in [0.25, 0.3) is 0 Å². The maximum absolute atomic E-state index is 2.56. The highest BCUT2D eigenvalue weighted by atomic mass is 32.2. The minimum absolute atomic E-state index is 0.574. The summed E-state index contributed by atoms with van der Waals surface area (Å²) in [6, 6.07) is 83.8. The molecule has 0 N–H and O–H groups in total. The molecule has 10 aromatic carbocycles. The number of benzene rings is 10. The van der Waals surface area contributed by atoms with Crippen LogP contribution in [0.3, 0.4) is 0 Å². The first-order chi connectivity index (χ1) is 32.3. The molecular weight excluding hydrogens is 807 g/mol. The van der Waals surface area contributed by atoms with E-state index in [4.69, 9.17) is 0 Å². The lowest BCUT2D eigenvalue weighted by Crippen LogP contribution is -2.37. The van der Waals surface area contributed by atoms with E-state index in [-0.39, 0.29) is 0 Å². The third-order valence-corrected chi connectivity index (χ3v) is 15.7. The quantitative estimate of drug-likeness (QED) is 0.173. The Morgan fingerprint density at radius 3 is 1.63 bits per heavy atom. The Balaban J connectivity index is 1.04. The number of rotatable bonds is 3. The monoisotopic (exact) mass is 843 g/mol. The highest BCUT2D eigenvalue weighted by molar-refractivity contribution is 7.99. The summed E-state index contributed by atoms with van der Waals surface area (Å²) in [4.78, 5) is 2.58. The summed E-state index contributed by atoms with van der Waals surface area (Å²) < 4.78 is 7.54. The zero-order chi connectivity index (χ0) is 42.4. The molecule has 4 heteroatoms. The van der Waals surface area contributed by atoms with Gasteiger partial charge in [-0.15, -0.1) is 0 Å². The minimum atomic E-state index is -0.574. The number of hydrogen-bond acceptors (Lipinski definition) is 1. The van der Waals surface area contributed by atoms with Crippen LogP contribution in [0.2, 0.25) is 0 Å². The number of aromatic nitrogens is 3. The zero-order valence-corrected chi connectivity index (χ0v) is 35.9. The first-order valence-electron chi connectivity index (χ1n) is 22.4. The number of para-hydroxylation sites is 5. The van der Waals surface area contributed by atoms with Crippen LogP contribution in [0.5, 0.6) is 0 Å². The molecule has 65 heavy (non-hydrogen) atoms. The van der Waals surface area contributed by atoms with Crippen LogP contribution in [0.25, 0.3) is 93.6 Å². The SMILES string of the molecule is c1ccc(-c2ccc(-n3c4ccccc4c4ccc(-n5c6ccccc6c6ccc7c(c65)Sc5ccccc5C75c6ccccc6-n6c7ccccc7c7cccc5c76)cc43)cc2)cc1. The second kappa shape index (κ2) is 13.0. The standard InChI is InChI=1S/C61H37N3S/c1-2-15-38(16-3-1)39-29-31-40(32-30-39)62-52-24-9-4-17-42(52)45-34-33-41(37-56(45)62)63-53-25-10-5-19-44(53)47-35-36-51-60(59(47)63)65-57-28-13-8-22-49(57)61(51)48-21-7-12-27-55(48)64-54-26-11-6-18-43(54)46-20-14-23-50(61)58(46)64/h1-37H. The Bertz CT molecular complexity index is 4150. The minimum Gasteiger partial charge on any atom is -0.309 e. The highest BCUT2D eigenvalue weighted by Gasteiger charge is 2.50. The van der Waals surface area contributed by atoms with Crippen molar-refractivity contribution in [2.24, 2.45) is 0 Å². The first-order valence-corrected chi connectivity index (χ1v) is 23.2. The van der Waals surface area contributed by atoms with E-state index in [9.17, 15) is 0 Å². The van der Waals surface area contributed by atoms with Gasteiger partial charge in [0.15, 0.2) is 0 Å². The summed E-state index contributed by atoms with van der Waals surface area (Å²) in [5, 5.41) is 7.57.